The highest BCUT2D eigenvalue weighted by Gasteiger charge is 2.23. The summed E-state index contributed by atoms with van der Waals surface area (Å²) in [7, 11) is 0. The average Bonchev–Trinajstić information content (AvgIpc) is 2.50. The van der Waals surface area contributed by atoms with Crippen LogP contribution in [0.2, 0.25) is 0 Å². The first-order chi connectivity index (χ1) is 9.81. The van der Waals surface area contributed by atoms with Crippen molar-refractivity contribution >= 4 is 0 Å². The molecule has 1 N–H and O–H groups in total. The Morgan fingerprint density at radius 2 is 1.95 bits per heavy atom. The Hall–Kier alpha value is -1.02. The van der Waals surface area contributed by atoms with Crippen LogP contribution in [0, 0.1) is 12.8 Å². The van der Waals surface area contributed by atoms with Gasteiger partial charge in [-0.15, -0.1) is 0 Å². The van der Waals surface area contributed by atoms with Crippen LogP contribution < -0.4 is 10.1 Å². The van der Waals surface area contributed by atoms with E-state index in [-0.39, 0.29) is 0 Å². The SMILES string of the molecule is CCCNC(COc1ccccc1C)C1CCCCC1. The first-order valence-electron chi connectivity index (χ1n) is 8.23. The van der Waals surface area contributed by atoms with E-state index < -0.39 is 0 Å². The second-order valence-electron chi connectivity index (χ2n) is 6.04. The van der Waals surface area contributed by atoms with Crippen LogP contribution in [0.25, 0.3) is 0 Å². The summed E-state index contributed by atoms with van der Waals surface area (Å²) in [5, 5.41) is 3.70. The minimum atomic E-state index is 0.509. The molecule has 1 fully saturated rings. The molecule has 0 bridgehead atoms. The number of hydrogen-bond acceptors (Lipinski definition) is 2. The zero-order chi connectivity index (χ0) is 14.2. The predicted octanol–water partition coefficient (Wildman–Crippen LogP) is 4.32. The van der Waals surface area contributed by atoms with E-state index in [9.17, 15) is 0 Å². The van der Waals surface area contributed by atoms with Crippen LogP contribution in [0.1, 0.15) is 51.0 Å². The number of ether oxygens (including phenoxy) is 1. The second kappa shape index (κ2) is 8.31. The second-order valence-corrected chi connectivity index (χ2v) is 6.04. The van der Waals surface area contributed by atoms with E-state index >= 15 is 0 Å². The molecule has 0 aromatic heterocycles. The smallest absolute Gasteiger partial charge is 0.122 e. The van der Waals surface area contributed by atoms with Crippen molar-refractivity contribution in [2.24, 2.45) is 5.92 Å². The Labute approximate surface area is 123 Å². The van der Waals surface area contributed by atoms with Gasteiger partial charge in [-0.3, -0.25) is 0 Å². The molecule has 1 aliphatic rings. The van der Waals surface area contributed by atoms with E-state index in [4.69, 9.17) is 4.74 Å². The summed E-state index contributed by atoms with van der Waals surface area (Å²) in [6.45, 7) is 6.24. The predicted molar refractivity (Wildman–Crippen MR) is 85.3 cm³/mol. The molecule has 1 aromatic carbocycles. The van der Waals surface area contributed by atoms with Gasteiger partial charge in [0.2, 0.25) is 0 Å². The van der Waals surface area contributed by atoms with E-state index in [0.717, 1.165) is 24.8 Å². The molecule has 0 aliphatic heterocycles. The van der Waals surface area contributed by atoms with Crippen molar-refractivity contribution in [2.45, 2.75) is 58.4 Å². The average molecular weight is 275 g/mol. The van der Waals surface area contributed by atoms with Crippen molar-refractivity contribution in [3.8, 4) is 5.75 Å². The number of nitrogens with one attached hydrogen (secondary N) is 1. The Balaban J connectivity index is 1.91. The quantitative estimate of drug-likeness (QED) is 0.800. The van der Waals surface area contributed by atoms with Gasteiger partial charge in [0.15, 0.2) is 0 Å². The standard InChI is InChI=1S/C18H29NO/c1-3-13-19-17(16-10-5-4-6-11-16)14-20-18-12-8-7-9-15(18)2/h7-9,12,16-17,19H,3-6,10-11,13-14H2,1-2H3. The first-order valence-corrected chi connectivity index (χ1v) is 8.23. The van der Waals surface area contributed by atoms with Gasteiger partial charge in [0.05, 0.1) is 0 Å². The van der Waals surface area contributed by atoms with Crippen LogP contribution in [0.4, 0.5) is 0 Å². The van der Waals surface area contributed by atoms with E-state index in [1.807, 2.05) is 0 Å². The van der Waals surface area contributed by atoms with Crippen LogP contribution >= 0.6 is 0 Å². The van der Waals surface area contributed by atoms with Crippen LogP contribution in [-0.2, 0) is 0 Å². The Kier molecular flexibility index (Phi) is 6.38. The number of benzene rings is 1. The molecule has 2 nitrogen and oxygen atoms in total. The van der Waals surface area contributed by atoms with Crippen molar-refractivity contribution in [1.29, 1.82) is 0 Å². The normalized spacial score (nSPS) is 17.9. The van der Waals surface area contributed by atoms with Gasteiger partial charge >= 0.3 is 0 Å². The van der Waals surface area contributed by atoms with Crippen molar-refractivity contribution in [1.82, 2.24) is 5.32 Å². The van der Waals surface area contributed by atoms with E-state index in [2.05, 4.69) is 43.4 Å². The van der Waals surface area contributed by atoms with Gasteiger partial charge in [-0.1, -0.05) is 44.4 Å². The molecule has 0 radical (unpaired) electrons. The molecule has 20 heavy (non-hydrogen) atoms. The third kappa shape index (κ3) is 4.52. The number of hydrogen-bond donors (Lipinski definition) is 1. The summed E-state index contributed by atoms with van der Waals surface area (Å²) in [5.41, 5.74) is 1.23. The van der Waals surface area contributed by atoms with Crippen LogP contribution in [0.5, 0.6) is 5.75 Å². The lowest BCUT2D eigenvalue weighted by Gasteiger charge is -2.31. The zero-order valence-corrected chi connectivity index (χ0v) is 13.0. The molecule has 0 saturated heterocycles. The van der Waals surface area contributed by atoms with Gasteiger partial charge in [0, 0.05) is 6.04 Å². The third-order valence-electron chi connectivity index (χ3n) is 4.39. The molecule has 0 heterocycles. The third-order valence-corrected chi connectivity index (χ3v) is 4.39. The van der Waals surface area contributed by atoms with Gasteiger partial charge in [-0.2, -0.15) is 0 Å². The van der Waals surface area contributed by atoms with Crippen LogP contribution in [0.15, 0.2) is 24.3 Å². The van der Waals surface area contributed by atoms with Gasteiger partial charge in [-0.05, 0) is 50.3 Å². The fourth-order valence-electron chi connectivity index (χ4n) is 3.13. The maximum absolute atomic E-state index is 6.09. The fourth-order valence-corrected chi connectivity index (χ4v) is 3.13. The van der Waals surface area contributed by atoms with E-state index in [0.29, 0.717) is 6.04 Å². The maximum atomic E-state index is 6.09. The summed E-state index contributed by atoms with van der Waals surface area (Å²) in [5.74, 6) is 1.82. The minimum absolute atomic E-state index is 0.509. The number of rotatable bonds is 7. The monoisotopic (exact) mass is 275 g/mol. The molecule has 2 rings (SSSR count). The van der Waals surface area contributed by atoms with Gasteiger partial charge in [0.1, 0.15) is 12.4 Å². The molecule has 0 amide bonds. The molecule has 1 saturated carbocycles. The fraction of sp³-hybridized carbons (Fsp3) is 0.667. The van der Waals surface area contributed by atoms with Gasteiger partial charge in [-0.25, -0.2) is 0 Å². The summed E-state index contributed by atoms with van der Waals surface area (Å²) in [6, 6.07) is 8.82. The molecule has 0 spiro atoms. The lowest BCUT2D eigenvalue weighted by Crippen LogP contribution is -2.42. The number of aryl methyl sites for hydroxylation is 1. The highest BCUT2D eigenvalue weighted by atomic mass is 16.5. The van der Waals surface area contributed by atoms with Gasteiger partial charge < -0.3 is 10.1 Å². The van der Waals surface area contributed by atoms with Crippen molar-refractivity contribution in [3.63, 3.8) is 0 Å². The van der Waals surface area contributed by atoms with Gasteiger partial charge in [0.25, 0.3) is 0 Å². The molecule has 2 heteroatoms. The molecule has 1 atom stereocenters. The minimum Gasteiger partial charge on any atom is -0.492 e. The number of para-hydroxylation sites is 1. The topological polar surface area (TPSA) is 21.3 Å². The molecular weight excluding hydrogens is 246 g/mol. The lowest BCUT2D eigenvalue weighted by molar-refractivity contribution is 0.185. The Morgan fingerprint density at radius 3 is 2.65 bits per heavy atom. The van der Waals surface area contributed by atoms with Crippen molar-refractivity contribution in [2.75, 3.05) is 13.2 Å². The summed E-state index contributed by atoms with van der Waals surface area (Å²) < 4.78 is 6.09. The molecule has 1 unspecified atom stereocenters. The molecule has 1 aromatic rings. The summed E-state index contributed by atoms with van der Waals surface area (Å²) in [6.07, 6.45) is 8.10. The molecule has 1 aliphatic carbocycles. The van der Waals surface area contributed by atoms with E-state index in [1.165, 1.54) is 44.1 Å². The summed E-state index contributed by atoms with van der Waals surface area (Å²) in [4.78, 5) is 0. The lowest BCUT2D eigenvalue weighted by atomic mass is 9.84. The molecular formula is C18H29NO. The first kappa shape index (κ1) is 15.4. The zero-order valence-electron chi connectivity index (χ0n) is 13.0. The highest BCUT2D eigenvalue weighted by Crippen LogP contribution is 2.27. The molecule has 112 valence electrons. The van der Waals surface area contributed by atoms with Crippen LogP contribution in [0.3, 0.4) is 0 Å². The Bertz CT molecular complexity index is 385. The van der Waals surface area contributed by atoms with Crippen molar-refractivity contribution in [3.05, 3.63) is 29.8 Å². The highest BCUT2D eigenvalue weighted by molar-refractivity contribution is 5.31. The Morgan fingerprint density at radius 1 is 1.20 bits per heavy atom. The maximum Gasteiger partial charge on any atom is 0.122 e. The summed E-state index contributed by atoms with van der Waals surface area (Å²) >= 11 is 0. The van der Waals surface area contributed by atoms with Crippen molar-refractivity contribution < 1.29 is 4.74 Å². The van der Waals surface area contributed by atoms with E-state index in [1.54, 1.807) is 0 Å². The van der Waals surface area contributed by atoms with Crippen LogP contribution in [-0.4, -0.2) is 19.2 Å². The largest absolute Gasteiger partial charge is 0.492 e.